The van der Waals surface area contributed by atoms with E-state index in [0.29, 0.717) is 17.7 Å². The standard InChI is InChI=1S/C16H21N3O3S/c1-9-6-10(2)18-14(21)11(9)7-17-15(22)12-8-23-16(3)5-4-13(20)19(12)16/h6,12H,4-5,7-8H2,1-3H3,(H,17,22)(H,18,21)/t12-,16+/m0/s1. The number of hydrogen-bond donors (Lipinski definition) is 2. The van der Waals surface area contributed by atoms with Crippen molar-refractivity contribution in [2.75, 3.05) is 5.75 Å². The number of aromatic amines is 1. The summed E-state index contributed by atoms with van der Waals surface area (Å²) < 4.78 is 0. The molecule has 2 aliphatic rings. The highest BCUT2D eigenvalue weighted by Crippen LogP contribution is 2.47. The maximum absolute atomic E-state index is 12.5. The van der Waals surface area contributed by atoms with Gasteiger partial charge >= 0.3 is 0 Å². The summed E-state index contributed by atoms with van der Waals surface area (Å²) in [6.07, 6.45) is 1.29. The normalized spacial score (nSPS) is 26.5. The van der Waals surface area contributed by atoms with Gasteiger partial charge in [-0.1, -0.05) is 0 Å². The SMILES string of the molecule is Cc1cc(C)c(CNC(=O)[C@@H]2CS[C@]3(C)CCC(=O)N23)c(=O)[nH]1. The van der Waals surface area contributed by atoms with E-state index in [9.17, 15) is 14.4 Å². The Bertz CT molecular complexity index is 730. The Balaban J connectivity index is 1.71. The number of nitrogens with zero attached hydrogens (tertiary/aromatic N) is 1. The quantitative estimate of drug-likeness (QED) is 0.865. The van der Waals surface area contributed by atoms with Crippen molar-refractivity contribution in [3.05, 3.63) is 33.2 Å². The number of carbonyl (C=O) groups is 2. The summed E-state index contributed by atoms with van der Waals surface area (Å²) in [5.41, 5.74) is 2.04. The predicted octanol–water partition coefficient (Wildman–Crippen LogP) is 1.06. The second-order valence-electron chi connectivity index (χ2n) is 6.43. The summed E-state index contributed by atoms with van der Waals surface area (Å²) in [6, 6.07) is 1.44. The van der Waals surface area contributed by atoms with Gasteiger partial charge in [-0.25, -0.2) is 0 Å². The molecule has 0 aromatic carbocycles. The van der Waals surface area contributed by atoms with Gasteiger partial charge in [0.15, 0.2) is 0 Å². The summed E-state index contributed by atoms with van der Waals surface area (Å²) in [5, 5.41) is 2.83. The maximum atomic E-state index is 12.5. The van der Waals surface area contributed by atoms with Crippen LogP contribution in [0.5, 0.6) is 0 Å². The molecule has 3 rings (SSSR count). The summed E-state index contributed by atoms with van der Waals surface area (Å²) >= 11 is 1.66. The van der Waals surface area contributed by atoms with E-state index in [2.05, 4.69) is 10.3 Å². The molecule has 0 spiro atoms. The summed E-state index contributed by atoms with van der Waals surface area (Å²) in [6.45, 7) is 5.88. The van der Waals surface area contributed by atoms with Crippen LogP contribution in [0.1, 0.15) is 36.6 Å². The minimum atomic E-state index is -0.440. The number of aromatic nitrogens is 1. The molecule has 2 N–H and O–H groups in total. The smallest absolute Gasteiger partial charge is 0.253 e. The summed E-state index contributed by atoms with van der Waals surface area (Å²) in [5.74, 6) is 0.468. The molecule has 23 heavy (non-hydrogen) atoms. The minimum Gasteiger partial charge on any atom is -0.350 e. The first-order valence-electron chi connectivity index (χ1n) is 7.75. The summed E-state index contributed by atoms with van der Waals surface area (Å²) in [7, 11) is 0. The molecule has 1 aromatic rings. The Hall–Kier alpha value is -1.76. The lowest BCUT2D eigenvalue weighted by Crippen LogP contribution is -2.50. The van der Waals surface area contributed by atoms with Crippen molar-refractivity contribution in [2.45, 2.75) is 51.1 Å². The molecule has 3 heterocycles. The molecule has 2 fully saturated rings. The van der Waals surface area contributed by atoms with Gasteiger partial charge in [0.2, 0.25) is 11.8 Å². The molecular weight excluding hydrogens is 314 g/mol. The number of aryl methyl sites for hydroxylation is 2. The lowest BCUT2D eigenvalue weighted by atomic mass is 10.1. The molecular formula is C16H21N3O3S. The van der Waals surface area contributed by atoms with Crippen molar-refractivity contribution in [2.24, 2.45) is 0 Å². The molecule has 0 radical (unpaired) electrons. The van der Waals surface area contributed by atoms with Crippen LogP contribution in [-0.2, 0) is 16.1 Å². The van der Waals surface area contributed by atoms with Crippen molar-refractivity contribution in [3.63, 3.8) is 0 Å². The van der Waals surface area contributed by atoms with E-state index in [-0.39, 0.29) is 28.8 Å². The monoisotopic (exact) mass is 335 g/mol. The van der Waals surface area contributed by atoms with Gasteiger partial charge in [0.25, 0.3) is 5.56 Å². The summed E-state index contributed by atoms with van der Waals surface area (Å²) in [4.78, 5) is 40.8. The first-order chi connectivity index (χ1) is 10.8. The Morgan fingerprint density at radius 3 is 2.91 bits per heavy atom. The van der Waals surface area contributed by atoms with Gasteiger partial charge in [0.05, 0.1) is 4.87 Å². The van der Waals surface area contributed by atoms with Crippen molar-refractivity contribution >= 4 is 23.6 Å². The fraction of sp³-hybridized carbons (Fsp3) is 0.562. The first kappa shape index (κ1) is 16.1. The number of H-pyrrole nitrogens is 1. The zero-order valence-corrected chi connectivity index (χ0v) is 14.4. The molecule has 2 saturated heterocycles. The molecule has 0 saturated carbocycles. The Labute approximate surface area is 139 Å². The van der Waals surface area contributed by atoms with Gasteiger partial charge < -0.3 is 15.2 Å². The van der Waals surface area contributed by atoms with Crippen LogP contribution in [-0.4, -0.2) is 38.4 Å². The van der Waals surface area contributed by atoms with Gasteiger partial charge in [-0.05, 0) is 38.8 Å². The lowest BCUT2D eigenvalue weighted by Gasteiger charge is -2.29. The van der Waals surface area contributed by atoms with Gasteiger partial charge in [-0.3, -0.25) is 14.4 Å². The van der Waals surface area contributed by atoms with Crippen LogP contribution < -0.4 is 10.9 Å². The number of rotatable bonds is 3. The molecule has 0 unspecified atom stereocenters. The maximum Gasteiger partial charge on any atom is 0.253 e. The van der Waals surface area contributed by atoms with Crippen LogP contribution in [0, 0.1) is 13.8 Å². The van der Waals surface area contributed by atoms with Crippen molar-refractivity contribution in [1.82, 2.24) is 15.2 Å². The van der Waals surface area contributed by atoms with Crippen molar-refractivity contribution in [1.29, 1.82) is 0 Å². The van der Waals surface area contributed by atoms with Gasteiger partial charge in [0.1, 0.15) is 6.04 Å². The molecule has 6 nitrogen and oxygen atoms in total. The molecule has 1 aromatic heterocycles. The third-order valence-electron chi connectivity index (χ3n) is 4.68. The van der Waals surface area contributed by atoms with Crippen molar-refractivity contribution in [3.8, 4) is 0 Å². The Morgan fingerprint density at radius 2 is 2.22 bits per heavy atom. The van der Waals surface area contributed by atoms with Crippen LogP contribution in [0.3, 0.4) is 0 Å². The number of fused-ring (bicyclic) bond motifs is 1. The topological polar surface area (TPSA) is 82.3 Å². The fourth-order valence-electron chi connectivity index (χ4n) is 3.41. The molecule has 2 amide bonds. The number of thioether (sulfide) groups is 1. The van der Waals surface area contributed by atoms with E-state index in [1.807, 2.05) is 26.8 Å². The highest BCUT2D eigenvalue weighted by Gasteiger charge is 2.52. The van der Waals surface area contributed by atoms with E-state index >= 15 is 0 Å². The number of hydrogen-bond acceptors (Lipinski definition) is 4. The molecule has 0 bridgehead atoms. The van der Waals surface area contributed by atoms with Crippen LogP contribution in [0.15, 0.2) is 10.9 Å². The third kappa shape index (κ3) is 2.78. The molecule has 7 heteroatoms. The van der Waals surface area contributed by atoms with Gasteiger partial charge in [-0.15, -0.1) is 11.8 Å². The Morgan fingerprint density at radius 1 is 1.48 bits per heavy atom. The zero-order valence-electron chi connectivity index (χ0n) is 13.6. The van der Waals surface area contributed by atoms with Crippen LogP contribution in [0.2, 0.25) is 0 Å². The van der Waals surface area contributed by atoms with Crippen LogP contribution in [0.4, 0.5) is 0 Å². The fourth-order valence-corrected chi connectivity index (χ4v) is 4.84. The van der Waals surface area contributed by atoms with E-state index in [1.165, 1.54) is 0 Å². The zero-order chi connectivity index (χ0) is 16.8. The van der Waals surface area contributed by atoms with E-state index in [0.717, 1.165) is 17.7 Å². The van der Waals surface area contributed by atoms with Gasteiger partial charge in [0, 0.05) is 30.0 Å². The number of carbonyl (C=O) groups excluding carboxylic acids is 2. The van der Waals surface area contributed by atoms with Crippen LogP contribution in [0.25, 0.3) is 0 Å². The second kappa shape index (κ2) is 5.70. The number of pyridine rings is 1. The molecule has 124 valence electrons. The molecule has 0 aliphatic carbocycles. The first-order valence-corrected chi connectivity index (χ1v) is 8.73. The van der Waals surface area contributed by atoms with Crippen molar-refractivity contribution < 1.29 is 9.59 Å². The van der Waals surface area contributed by atoms with E-state index in [1.54, 1.807) is 16.7 Å². The Kier molecular flexibility index (Phi) is 4.00. The largest absolute Gasteiger partial charge is 0.350 e. The minimum absolute atomic E-state index is 0.0435. The molecule has 2 atom stereocenters. The number of nitrogens with one attached hydrogen (secondary N) is 2. The second-order valence-corrected chi connectivity index (χ2v) is 7.93. The lowest BCUT2D eigenvalue weighted by molar-refractivity contribution is -0.138. The average Bonchev–Trinajstić information content (AvgIpc) is 2.95. The van der Waals surface area contributed by atoms with Crippen LogP contribution >= 0.6 is 11.8 Å². The predicted molar refractivity (Wildman–Crippen MR) is 89.1 cm³/mol. The van der Waals surface area contributed by atoms with Gasteiger partial charge in [-0.2, -0.15) is 0 Å². The number of amides is 2. The highest BCUT2D eigenvalue weighted by molar-refractivity contribution is 8.01. The highest BCUT2D eigenvalue weighted by atomic mass is 32.2. The molecule has 2 aliphatic heterocycles. The van der Waals surface area contributed by atoms with E-state index in [4.69, 9.17) is 0 Å². The third-order valence-corrected chi connectivity index (χ3v) is 6.19. The van der Waals surface area contributed by atoms with E-state index < -0.39 is 6.04 Å². The average molecular weight is 335 g/mol.